The molecule has 1 aliphatic heterocycles. The molecule has 0 radical (unpaired) electrons. The molecule has 0 spiro atoms. The third kappa shape index (κ3) is 3.08. The van der Waals surface area contributed by atoms with E-state index in [0.717, 1.165) is 23.4 Å². The van der Waals surface area contributed by atoms with Crippen LogP contribution in [0.1, 0.15) is 24.9 Å². The van der Waals surface area contributed by atoms with E-state index in [1.165, 1.54) is 0 Å². The number of nitrogens with one attached hydrogen (secondary N) is 1. The van der Waals surface area contributed by atoms with Crippen molar-refractivity contribution in [1.82, 2.24) is 5.32 Å². The van der Waals surface area contributed by atoms with E-state index in [9.17, 15) is 4.79 Å². The quantitative estimate of drug-likeness (QED) is 0.736. The number of benzene rings is 2. The van der Waals surface area contributed by atoms with E-state index in [1.54, 1.807) is 17.0 Å². The molecule has 3 rings (SSSR count). The zero-order chi connectivity index (χ0) is 17.1. The van der Waals surface area contributed by atoms with Gasteiger partial charge in [-0.05, 0) is 42.3 Å². The molecule has 1 unspecified atom stereocenters. The highest BCUT2D eigenvalue weighted by Crippen LogP contribution is 2.33. The Hall–Kier alpha value is -2.89. The summed E-state index contributed by atoms with van der Waals surface area (Å²) in [4.78, 5) is 14.0. The molecule has 1 saturated heterocycles. The number of ether oxygens (including phenoxy) is 1. The summed E-state index contributed by atoms with van der Waals surface area (Å²) >= 11 is 0. The Morgan fingerprint density at radius 3 is 2.58 bits per heavy atom. The largest absolute Gasteiger partial charge is 0.494 e. The summed E-state index contributed by atoms with van der Waals surface area (Å²) in [5, 5.41) is 2.88. The molecule has 6 nitrogen and oxygen atoms in total. The summed E-state index contributed by atoms with van der Waals surface area (Å²) in [6.45, 7) is 3.30. The second-order valence-corrected chi connectivity index (χ2v) is 5.80. The molecule has 0 saturated carbocycles. The summed E-state index contributed by atoms with van der Waals surface area (Å²) in [7, 11) is 0. The monoisotopic (exact) mass is 326 g/mol. The Kier molecular flexibility index (Phi) is 4.46. The van der Waals surface area contributed by atoms with E-state index < -0.39 is 0 Å². The maximum absolute atomic E-state index is 12.3. The van der Waals surface area contributed by atoms with Crippen LogP contribution < -0.4 is 26.4 Å². The molecule has 0 aromatic heterocycles. The number of hydrogen-bond acceptors (Lipinski definition) is 4. The summed E-state index contributed by atoms with van der Waals surface area (Å²) in [6.07, 6.45) is 0.967. The third-order valence-electron chi connectivity index (χ3n) is 4.06. The topological polar surface area (TPSA) is 93.6 Å². The van der Waals surface area contributed by atoms with Crippen molar-refractivity contribution in [3.05, 3.63) is 48.0 Å². The number of carbonyl (C=O) groups excluding carboxylic acids is 1. The summed E-state index contributed by atoms with van der Waals surface area (Å²) in [5.74, 6) is 0.834. The smallest absolute Gasteiger partial charge is 0.322 e. The van der Waals surface area contributed by atoms with Crippen molar-refractivity contribution in [3.63, 3.8) is 0 Å². The lowest BCUT2D eigenvalue weighted by Crippen LogP contribution is -2.29. The maximum atomic E-state index is 12.3. The van der Waals surface area contributed by atoms with Gasteiger partial charge in [-0.2, -0.15) is 0 Å². The molecule has 2 amide bonds. The molecular formula is C18H22N4O2. The van der Waals surface area contributed by atoms with Gasteiger partial charge in [-0.3, -0.25) is 4.90 Å². The van der Waals surface area contributed by atoms with E-state index >= 15 is 0 Å². The van der Waals surface area contributed by atoms with Gasteiger partial charge in [0.05, 0.1) is 24.0 Å². The van der Waals surface area contributed by atoms with Crippen LogP contribution in [0.15, 0.2) is 42.5 Å². The summed E-state index contributed by atoms with van der Waals surface area (Å²) in [5.41, 5.74) is 14.4. The number of urea groups is 1. The highest BCUT2D eigenvalue weighted by atomic mass is 16.5. The maximum Gasteiger partial charge on any atom is 0.322 e. The van der Waals surface area contributed by atoms with Crippen LogP contribution in [0, 0.1) is 0 Å². The molecule has 2 aromatic rings. The fourth-order valence-electron chi connectivity index (χ4n) is 2.78. The molecule has 5 N–H and O–H groups in total. The molecule has 2 aromatic carbocycles. The van der Waals surface area contributed by atoms with Gasteiger partial charge in [0.15, 0.2) is 0 Å². The molecule has 126 valence electrons. The first-order valence-corrected chi connectivity index (χ1v) is 8.05. The van der Waals surface area contributed by atoms with E-state index in [-0.39, 0.29) is 12.1 Å². The zero-order valence-electron chi connectivity index (χ0n) is 13.7. The molecule has 1 atom stereocenters. The van der Waals surface area contributed by atoms with Crippen LogP contribution in [0.4, 0.5) is 21.9 Å². The van der Waals surface area contributed by atoms with Crippen LogP contribution in [0.3, 0.4) is 0 Å². The lowest BCUT2D eigenvalue weighted by molar-refractivity contribution is 0.251. The van der Waals surface area contributed by atoms with Gasteiger partial charge < -0.3 is 21.5 Å². The first-order valence-electron chi connectivity index (χ1n) is 8.05. The van der Waals surface area contributed by atoms with Crippen LogP contribution >= 0.6 is 0 Å². The van der Waals surface area contributed by atoms with E-state index in [0.29, 0.717) is 24.5 Å². The van der Waals surface area contributed by atoms with Crippen molar-refractivity contribution in [2.24, 2.45) is 0 Å². The van der Waals surface area contributed by atoms with Gasteiger partial charge in [0.25, 0.3) is 0 Å². The van der Waals surface area contributed by atoms with Crippen LogP contribution in [0.5, 0.6) is 5.75 Å². The highest BCUT2D eigenvalue weighted by molar-refractivity contribution is 5.96. The lowest BCUT2D eigenvalue weighted by Gasteiger charge is -2.24. The van der Waals surface area contributed by atoms with Crippen molar-refractivity contribution >= 4 is 23.1 Å². The highest BCUT2D eigenvalue weighted by Gasteiger charge is 2.33. The predicted octanol–water partition coefficient (Wildman–Crippen LogP) is 2.91. The Balaban J connectivity index is 1.86. The Morgan fingerprint density at radius 2 is 1.92 bits per heavy atom. The summed E-state index contributed by atoms with van der Waals surface area (Å²) < 4.78 is 5.61. The van der Waals surface area contributed by atoms with Gasteiger partial charge in [-0.1, -0.05) is 19.1 Å². The van der Waals surface area contributed by atoms with Gasteiger partial charge in [0.2, 0.25) is 0 Å². The van der Waals surface area contributed by atoms with E-state index in [4.69, 9.17) is 16.2 Å². The van der Waals surface area contributed by atoms with Crippen LogP contribution in [-0.2, 0) is 0 Å². The molecule has 1 fully saturated rings. The predicted molar refractivity (Wildman–Crippen MR) is 96.1 cm³/mol. The fraction of sp³-hybridized carbons (Fsp3) is 0.278. The Bertz CT molecular complexity index is 730. The molecule has 24 heavy (non-hydrogen) atoms. The fourth-order valence-corrected chi connectivity index (χ4v) is 2.78. The van der Waals surface area contributed by atoms with Gasteiger partial charge in [-0.25, -0.2) is 4.79 Å². The second kappa shape index (κ2) is 6.70. The van der Waals surface area contributed by atoms with Crippen molar-refractivity contribution in [2.75, 3.05) is 29.5 Å². The van der Waals surface area contributed by atoms with Gasteiger partial charge >= 0.3 is 6.03 Å². The van der Waals surface area contributed by atoms with Crippen LogP contribution in [-0.4, -0.2) is 19.2 Å². The molecule has 0 bridgehead atoms. The zero-order valence-corrected chi connectivity index (χ0v) is 13.7. The number of nitrogens with zero attached hydrogens (tertiary/aromatic N) is 1. The van der Waals surface area contributed by atoms with E-state index in [2.05, 4.69) is 12.2 Å². The summed E-state index contributed by atoms with van der Waals surface area (Å²) in [6, 6.07) is 12.9. The molecular weight excluding hydrogens is 304 g/mol. The SMILES string of the molecule is CCCOc1ccc(C2CNC(=O)N2c2ccc(N)c(N)c2)cc1. The average Bonchev–Trinajstić information content (AvgIpc) is 2.97. The van der Waals surface area contributed by atoms with Gasteiger partial charge in [0.1, 0.15) is 5.75 Å². The van der Waals surface area contributed by atoms with E-state index in [1.807, 2.05) is 30.3 Å². The normalized spacial score (nSPS) is 17.0. The Morgan fingerprint density at radius 1 is 1.17 bits per heavy atom. The number of anilines is 3. The first kappa shape index (κ1) is 16.0. The Labute approximate surface area is 141 Å². The van der Waals surface area contributed by atoms with Crippen molar-refractivity contribution < 1.29 is 9.53 Å². The molecule has 1 aliphatic rings. The standard InChI is InChI=1S/C18H22N4O2/c1-2-9-24-14-6-3-12(4-7-14)17-11-21-18(23)22(17)13-5-8-15(19)16(20)10-13/h3-8,10,17H,2,9,11,19-20H2,1H3,(H,21,23). The minimum Gasteiger partial charge on any atom is -0.494 e. The van der Waals surface area contributed by atoms with Gasteiger partial charge in [0, 0.05) is 12.2 Å². The molecule has 1 heterocycles. The van der Waals surface area contributed by atoms with Crippen molar-refractivity contribution in [3.8, 4) is 5.75 Å². The number of nitrogens with two attached hydrogens (primary N) is 2. The average molecular weight is 326 g/mol. The number of hydrogen-bond donors (Lipinski definition) is 3. The minimum absolute atomic E-state index is 0.0965. The van der Waals surface area contributed by atoms with Crippen LogP contribution in [0.2, 0.25) is 0 Å². The number of rotatable bonds is 5. The van der Waals surface area contributed by atoms with Crippen molar-refractivity contribution in [2.45, 2.75) is 19.4 Å². The third-order valence-corrected chi connectivity index (χ3v) is 4.06. The molecule has 0 aliphatic carbocycles. The second-order valence-electron chi connectivity index (χ2n) is 5.80. The number of nitrogen functional groups attached to an aromatic ring is 2. The van der Waals surface area contributed by atoms with Crippen molar-refractivity contribution in [1.29, 1.82) is 0 Å². The minimum atomic E-state index is -0.143. The lowest BCUT2D eigenvalue weighted by atomic mass is 10.1. The van der Waals surface area contributed by atoms with Crippen LogP contribution in [0.25, 0.3) is 0 Å². The number of amides is 2. The number of carbonyl (C=O) groups is 1. The first-order chi connectivity index (χ1) is 11.6. The molecule has 6 heteroatoms. The van der Waals surface area contributed by atoms with Gasteiger partial charge in [-0.15, -0.1) is 0 Å².